The number of benzene rings is 2. The van der Waals surface area contributed by atoms with Crippen LogP contribution in [0.1, 0.15) is 69.9 Å². The lowest BCUT2D eigenvalue weighted by Crippen LogP contribution is -2.45. The van der Waals surface area contributed by atoms with Crippen molar-refractivity contribution in [3.8, 4) is 17.2 Å². The summed E-state index contributed by atoms with van der Waals surface area (Å²) in [4.78, 5) is 30.8. The van der Waals surface area contributed by atoms with Crippen LogP contribution in [0.5, 0.6) is 17.2 Å². The zero-order chi connectivity index (χ0) is 29.5. The monoisotopic (exact) mass is 567 g/mol. The molecule has 4 atom stereocenters. The van der Waals surface area contributed by atoms with Gasteiger partial charge in [-0.2, -0.15) is 0 Å². The Bertz CT molecular complexity index is 1200. The van der Waals surface area contributed by atoms with Crippen molar-refractivity contribution in [1.29, 1.82) is 0 Å². The van der Waals surface area contributed by atoms with Gasteiger partial charge in [0, 0.05) is 37.3 Å². The van der Waals surface area contributed by atoms with E-state index in [4.69, 9.17) is 19.9 Å². The molecule has 9 nitrogen and oxygen atoms in total. The maximum atomic E-state index is 14.0. The molecule has 1 unspecified atom stereocenters. The first-order chi connectivity index (χ1) is 19.8. The summed E-state index contributed by atoms with van der Waals surface area (Å²) in [5.41, 5.74) is 8.50. The highest BCUT2D eigenvalue weighted by Gasteiger charge is 2.48. The lowest BCUT2D eigenvalue weighted by Gasteiger charge is -2.31. The summed E-state index contributed by atoms with van der Waals surface area (Å²) in [5.74, 6) is 0.0284. The van der Waals surface area contributed by atoms with Crippen LogP contribution in [0.2, 0.25) is 0 Å². The molecule has 0 spiro atoms. The number of carbonyl (C=O) groups is 2. The number of carboxylic acid groups (broad SMARTS) is 1. The number of amides is 1. The van der Waals surface area contributed by atoms with E-state index in [1.807, 2.05) is 41.3 Å². The van der Waals surface area contributed by atoms with Crippen LogP contribution < -0.4 is 24.8 Å². The molecule has 2 aromatic rings. The standard InChI is InChI=1S/C32H45N3O6/c1-5-7-12-35(24-11-8-10-22(14-24)17-33)29(36)19-34-18-25(30(32(37)38)26(34)13-21(3)9-6-2)23-15-27(39-4)31-28(16-23)40-20-41-31/h8,10-11,14-16,21,25-26,30H,5-7,9,12-13,17-20,33H2,1-4H3,(H,37,38)/t21?,25-,26+,30-/m1/s1. The molecule has 41 heavy (non-hydrogen) atoms. The summed E-state index contributed by atoms with van der Waals surface area (Å²) >= 11 is 0. The van der Waals surface area contributed by atoms with Crippen LogP contribution in [-0.4, -0.2) is 61.5 Å². The van der Waals surface area contributed by atoms with E-state index in [1.165, 1.54) is 0 Å². The molecule has 0 aromatic heterocycles. The molecule has 0 saturated carbocycles. The van der Waals surface area contributed by atoms with Crippen LogP contribution in [0.4, 0.5) is 5.69 Å². The molecule has 1 fully saturated rings. The molecular formula is C32H45N3O6. The lowest BCUT2D eigenvalue weighted by molar-refractivity contribution is -0.143. The van der Waals surface area contributed by atoms with Crippen molar-refractivity contribution in [3.63, 3.8) is 0 Å². The predicted octanol–water partition coefficient (Wildman–Crippen LogP) is 5.01. The Morgan fingerprint density at radius 1 is 1.20 bits per heavy atom. The first kappa shape index (κ1) is 30.7. The molecule has 2 aromatic carbocycles. The molecule has 2 heterocycles. The Kier molecular flexibility index (Phi) is 10.5. The summed E-state index contributed by atoms with van der Waals surface area (Å²) in [5, 5.41) is 10.6. The van der Waals surface area contributed by atoms with E-state index >= 15 is 0 Å². The molecule has 3 N–H and O–H groups in total. The number of methoxy groups -OCH3 is 1. The Hall–Kier alpha value is -3.30. The normalized spacial score (nSPS) is 20.7. The summed E-state index contributed by atoms with van der Waals surface area (Å²) in [6.45, 7) is 8.09. The second-order valence-electron chi connectivity index (χ2n) is 11.3. The molecule has 2 aliphatic rings. The van der Waals surface area contributed by atoms with Crippen molar-refractivity contribution >= 4 is 17.6 Å². The van der Waals surface area contributed by atoms with Gasteiger partial charge >= 0.3 is 5.97 Å². The summed E-state index contributed by atoms with van der Waals surface area (Å²) in [7, 11) is 1.56. The number of nitrogens with zero attached hydrogens (tertiary/aromatic N) is 2. The van der Waals surface area contributed by atoms with Crippen molar-refractivity contribution in [2.75, 3.05) is 38.4 Å². The molecule has 4 rings (SSSR count). The number of hydrogen-bond acceptors (Lipinski definition) is 7. The third-order valence-electron chi connectivity index (χ3n) is 8.40. The maximum absolute atomic E-state index is 14.0. The average molecular weight is 568 g/mol. The second kappa shape index (κ2) is 14.0. The zero-order valence-corrected chi connectivity index (χ0v) is 24.8. The van der Waals surface area contributed by atoms with Crippen molar-refractivity contribution in [2.45, 2.75) is 71.4 Å². The summed E-state index contributed by atoms with van der Waals surface area (Å²) in [6, 6.07) is 11.2. The second-order valence-corrected chi connectivity index (χ2v) is 11.3. The van der Waals surface area contributed by atoms with Gasteiger partial charge in [0.15, 0.2) is 11.5 Å². The number of fused-ring (bicyclic) bond motifs is 1. The van der Waals surface area contributed by atoms with Gasteiger partial charge in [-0.15, -0.1) is 0 Å². The number of likely N-dealkylation sites (tertiary alicyclic amines) is 1. The number of anilines is 1. The van der Waals surface area contributed by atoms with Crippen LogP contribution in [0.15, 0.2) is 36.4 Å². The Morgan fingerprint density at radius 2 is 2.00 bits per heavy atom. The number of carboxylic acids is 1. The minimum atomic E-state index is -0.853. The molecule has 0 radical (unpaired) electrons. The lowest BCUT2D eigenvalue weighted by atomic mass is 9.81. The highest BCUT2D eigenvalue weighted by Crippen LogP contribution is 2.47. The predicted molar refractivity (Wildman–Crippen MR) is 159 cm³/mol. The minimum absolute atomic E-state index is 0.0335. The van der Waals surface area contributed by atoms with Crippen molar-refractivity contribution in [1.82, 2.24) is 4.90 Å². The van der Waals surface area contributed by atoms with E-state index in [1.54, 1.807) is 7.11 Å². The van der Waals surface area contributed by atoms with Gasteiger partial charge in [-0.05, 0) is 54.2 Å². The van der Waals surface area contributed by atoms with E-state index in [-0.39, 0.29) is 31.2 Å². The van der Waals surface area contributed by atoms with Crippen LogP contribution >= 0.6 is 0 Å². The van der Waals surface area contributed by atoms with Crippen LogP contribution in [0.25, 0.3) is 0 Å². The summed E-state index contributed by atoms with van der Waals surface area (Å²) < 4.78 is 16.8. The number of aliphatic carboxylic acids is 1. The molecular weight excluding hydrogens is 522 g/mol. The highest BCUT2D eigenvalue weighted by atomic mass is 16.7. The smallest absolute Gasteiger partial charge is 0.308 e. The number of carbonyl (C=O) groups excluding carboxylic acids is 1. The fraction of sp³-hybridized carbons (Fsp3) is 0.562. The van der Waals surface area contributed by atoms with E-state index in [0.29, 0.717) is 49.2 Å². The van der Waals surface area contributed by atoms with E-state index in [2.05, 4.69) is 25.7 Å². The van der Waals surface area contributed by atoms with Gasteiger partial charge in [0.1, 0.15) is 0 Å². The number of nitrogens with two attached hydrogens (primary N) is 1. The largest absolute Gasteiger partial charge is 0.493 e. The number of unbranched alkanes of at least 4 members (excludes halogenated alkanes) is 1. The van der Waals surface area contributed by atoms with Crippen LogP contribution in [0.3, 0.4) is 0 Å². The molecule has 2 aliphatic heterocycles. The van der Waals surface area contributed by atoms with Gasteiger partial charge in [-0.3, -0.25) is 14.5 Å². The minimum Gasteiger partial charge on any atom is -0.493 e. The summed E-state index contributed by atoms with van der Waals surface area (Å²) in [6.07, 6.45) is 4.55. The van der Waals surface area contributed by atoms with Gasteiger partial charge in [0.05, 0.1) is 19.6 Å². The Labute approximate surface area is 243 Å². The van der Waals surface area contributed by atoms with Gasteiger partial charge in [-0.25, -0.2) is 0 Å². The number of rotatable bonds is 14. The van der Waals surface area contributed by atoms with Crippen molar-refractivity contribution in [3.05, 3.63) is 47.5 Å². The topological polar surface area (TPSA) is 115 Å². The quantitative estimate of drug-likeness (QED) is 0.327. The first-order valence-electron chi connectivity index (χ1n) is 14.8. The Balaban J connectivity index is 1.68. The van der Waals surface area contributed by atoms with Crippen LogP contribution in [0, 0.1) is 11.8 Å². The van der Waals surface area contributed by atoms with Gasteiger partial charge < -0.3 is 30.0 Å². The van der Waals surface area contributed by atoms with Crippen molar-refractivity contribution < 1.29 is 28.9 Å². The fourth-order valence-corrected chi connectivity index (χ4v) is 6.34. The van der Waals surface area contributed by atoms with Crippen molar-refractivity contribution in [2.24, 2.45) is 17.6 Å². The molecule has 1 saturated heterocycles. The first-order valence-corrected chi connectivity index (χ1v) is 14.8. The SMILES string of the molecule is CCCCN(C(=O)CN1C[C@H](c2cc(OC)c3c(c2)OCO3)[C@@H](C(=O)O)[C@@H]1CC(C)CCC)c1cccc(CN)c1. The van der Waals surface area contributed by atoms with E-state index < -0.39 is 11.9 Å². The molecule has 224 valence electrons. The van der Waals surface area contributed by atoms with Gasteiger partial charge in [0.2, 0.25) is 18.4 Å². The fourth-order valence-electron chi connectivity index (χ4n) is 6.34. The van der Waals surface area contributed by atoms with Crippen LogP contribution in [-0.2, 0) is 16.1 Å². The number of hydrogen-bond donors (Lipinski definition) is 2. The molecule has 0 bridgehead atoms. The third-order valence-corrected chi connectivity index (χ3v) is 8.40. The van der Waals surface area contributed by atoms with E-state index in [0.717, 1.165) is 42.5 Å². The van der Waals surface area contributed by atoms with Gasteiger partial charge in [0.25, 0.3) is 0 Å². The van der Waals surface area contributed by atoms with Gasteiger partial charge in [-0.1, -0.05) is 52.2 Å². The number of ether oxygens (including phenoxy) is 3. The molecule has 1 amide bonds. The molecule has 9 heteroatoms. The van der Waals surface area contributed by atoms with E-state index in [9.17, 15) is 14.7 Å². The average Bonchev–Trinajstić information content (AvgIpc) is 3.58. The zero-order valence-electron chi connectivity index (χ0n) is 24.8. The maximum Gasteiger partial charge on any atom is 0.308 e. The third kappa shape index (κ3) is 6.96. The highest BCUT2D eigenvalue weighted by molar-refractivity contribution is 5.95. The Morgan fingerprint density at radius 3 is 2.68 bits per heavy atom. The molecule has 0 aliphatic carbocycles.